The summed E-state index contributed by atoms with van der Waals surface area (Å²) in [7, 11) is 0. The molecule has 1 fully saturated rings. The molecule has 12 heteroatoms. The second-order valence-electron chi connectivity index (χ2n) is 12.1. The van der Waals surface area contributed by atoms with Crippen molar-refractivity contribution in [3.63, 3.8) is 0 Å². The molecule has 3 aromatic carbocycles. The molecule has 0 aromatic heterocycles. The first kappa shape index (κ1) is 34.5. The molecular weight excluding hydrogens is 597 g/mol. The summed E-state index contributed by atoms with van der Waals surface area (Å²) in [4.78, 5) is 28.9. The van der Waals surface area contributed by atoms with Crippen LogP contribution in [0.1, 0.15) is 48.9 Å². The van der Waals surface area contributed by atoms with E-state index < -0.39 is 30.2 Å². The summed E-state index contributed by atoms with van der Waals surface area (Å²) in [5, 5.41) is 2.45. The van der Waals surface area contributed by atoms with Crippen molar-refractivity contribution in [3.8, 4) is 11.1 Å². The van der Waals surface area contributed by atoms with Crippen LogP contribution in [0, 0.1) is 6.92 Å². The topological polar surface area (TPSA) is 71.1 Å². The zero-order chi connectivity index (χ0) is 30.9. The third-order valence-electron chi connectivity index (χ3n) is 7.91. The fourth-order valence-electron chi connectivity index (χ4n) is 5.81. The molecular formula is C32H36BF3KN3O4. The smallest absolute Gasteiger partial charge is 0.448 e. The summed E-state index contributed by atoms with van der Waals surface area (Å²) < 4.78 is 52.8. The van der Waals surface area contributed by atoms with E-state index in [-0.39, 0.29) is 81.7 Å². The Morgan fingerprint density at radius 3 is 2.05 bits per heavy atom. The molecule has 0 unspecified atom stereocenters. The Balaban J connectivity index is 0.00000442. The predicted molar refractivity (Wildman–Crippen MR) is 162 cm³/mol. The van der Waals surface area contributed by atoms with Crippen LogP contribution in [0.5, 0.6) is 0 Å². The first-order valence-corrected chi connectivity index (χ1v) is 14.5. The third-order valence-corrected chi connectivity index (χ3v) is 7.91. The van der Waals surface area contributed by atoms with Crippen molar-refractivity contribution in [3.05, 3.63) is 82.9 Å². The van der Waals surface area contributed by atoms with Crippen LogP contribution >= 0.6 is 0 Å². The van der Waals surface area contributed by atoms with E-state index in [1.807, 2.05) is 29.2 Å². The minimum absolute atomic E-state index is 0. The number of anilines is 1. The Bertz CT molecular complexity index is 1480. The van der Waals surface area contributed by atoms with Gasteiger partial charge in [-0.25, -0.2) is 9.59 Å². The largest absolute Gasteiger partial charge is 1.00 e. The van der Waals surface area contributed by atoms with E-state index in [1.165, 1.54) is 6.92 Å². The SMILES string of the molecule is Cc1c(CN2CCN(C(=O)OCC3c4ccccc4-c4ccccc43)CC2)cc(NC(=O)OC(C)(C)C)cc1[B-](F)(F)F.[K+]. The zero-order valence-corrected chi connectivity index (χ0v) is 29.0. The fourth-order valence-corrected chi connectivity index (χ4v) is 5.81. The Morgan fingerprint density at radius 2 is 1.50 bits per heavy atom. The van der Waals surface area contributed by atoms with Crippen molar-refractivity contribution in [2.75, 3.05) is 38.1 Å². The van der Waals surface area contributed by atoms with Crippen LogP contribution in [0.3, 0.4) is 0 Å². The Morgan fingerprint density at radius 1 is 0.932 bits per heavy atom. The van der Waals surface area contributed by atoms with E-state index in [2.05, 4.69) is 29.6 Å². The van der Waals surface area contributed by atoms with Gasteiger partial charge in [0.15, 0.2) is 0 Å². The Hall–Kier alpha value is -2.35. The minimum atomic E-state index is -5.30. The number of amides is 2. The van der Waals surface area contributed by atoms with Crippen molar-refractivity contribution in [2.24, 2.45) is 0 Å². The monoisotopic (exact) mass is 633 g/mol. The van der Waals surface area contributed by atoms with E-state index in [9.17, 15) is 22.5 Å². The van der Waals surface area contributed by atoms with E-state index in [1.54, 1.807) is 31.7 Å². The molecule has 44 heavy (non-hydrogen) atoms. The van der Waals surface area contributed by atoms with Crippen LogP contribution in [-0.4, -0.2) is 67.4 Å². The molecule has 1 saturated heterocycles. The van der Waals surface area contributed by atoms with Crippen LogP contribution in [0.2, 0.25) is 0 Å². The molecule has 1 N–H and O–H groups in total. The Labute approximate surface area is 298 Å². The van der Waals surface area contributed by atoms with Crippen molar-refractivity contribution in [1.29, 1.82) is 0 Å². The molecule has 228 valence electrons. The van der Waals surface area contributed by atoms with Gasteiger partial charge in [0.2, 0.25) is 0 Å². The molecule has 1 aliphatic heterocycles. The van der Waals surface area contributed by atoms with Crippen LogP contribution in [0.15, 0.2) is 60.7 Å². The summed E-state index contributed by atoms with van der Waals surface area (Å²) in [5.41, 5.74) is 3.66. The molecule has 0 spiro atoms. The molecule has 3 aromatic rings. The summed E-state index contributed by atoms with van der Waals surface area (Å²) in [6, 6.07) is 18.8. The number of benzene rings is 3. The van der Waals surface area contributed by atoms with Crippen molar-refractivity contribution >= 4 is 30.3 Å². The van der Waals surface area contributed by atoms with Gasteiger partial charge >= 0.3 is 70.5 Å². The first-order valence-electron chi connectivity index (χ1n) is 14.5. The van der Waals surface area contributed by atoms with E-state index >= 15 is 0 Å². The fraction of sp³-hybridized carbons (Fsp3) is 0.375. The minimum Gasteiger partial charge on any atom is -0.448 e. The maximum Gasteiger partial charge on any atom is 1.00 e. The van der Waals surface area contributed by atoms with E-state index in [0.717, 1.165) is 28.3 Å². The average molecular weight is 634 g/mol. The molecule has 0 radical (unpaired) electrons. The quantitative estimate of drug-likeness (QED) is 0.422. The molecule has 0 atom stereocenters. The van der Waals surface area contributed by atoms with Crippen molar-refractivity contribution in [2.45, 2.75) is 45.8 Å². The van der Waals surface area contributed by atoms with Crippen molar-refractivity contribution < 1.29 is 83.4 Å². The Kier molecular flexibility index (Phi) is 11.0. The molecule has 5 rings (SSSR count). The average Bonchev–Trinajstić information content (AvgIpc) is 3.25. The summed E-state index contributed by atoms with van der Waals surface area (Å²) >= 11 is 0. The number of ether oxygens (including phenoxy) is 2. The van der Waals surface area contributed by atoms with Crippen LogP contribution in [0.25, 0.3) is 11.1 Å². The van der Waals surface area contributed by atoms with Gasteiger partial charge in [-0.3, -0.25) is 10.2 Å². The number of fused-ring (bicyclic) bond motifs is 3. The summed E-state index contributed by atoms with van der Waals surface area (Å²) in [5.74, 6) is -0.0355. The van der Waals surface area contributed by atoms with E-state index in [0.29, 0.717) is 31.7 Å². The first-order chi connectivity index (χ1) is 20.3. The van der Waals surface area contributed by atoms with Crippen LogP contribution in [-0.2, 0) is 16.0 Å². The van der Waals surface area contributed by atoms with E-state index in [4.69, 9.17) is 9.47 Å². The maximum absolute atomic E-state index is 13.9. The van der Waals surface area contributed by atoms with Gasteiger partial charge in [-0.05, 0) is 61.6 Å². The molecule has 1 heterocycles. The molecule has 7 nitrogen and oxygen atoms in total. The van der Waals surface area contributed by atoms with Crippen LogP contribution in [0.4, 0.5) is 28.2 Å². The predicted octanol–water partition coefficient (Wildman–Crippen LogP) is 3.47. The van der Waals surface area contributed by atoms with Gasteiger partial charge < -0.3 is 27.3 Å². The number of rotatable bonds is 6. The maximum atomic E-state index is 13.9. The van der Waals surface area contributed by atoms with Crippen LogP contribution < -0.4 is 62.2 Å². The molecule has 1 aliphatic carbocycles. The van der Waals surface area contributed by atoms with Gasteiger partial charge in [-0.1, -0.05) is 60.2 Å². The number of carbonyl (C=O) groups excluding carboxylic acids is 2. The second-order valence-corrected chi connectivity index (χ2v) is 12.1. The third kappa shape index (κ3) is 8.07. The summed E-state index contributed by atoms with van der Waals surface area (Å²) in [6.07, 6.45) is -1.22. The number of nitrogens with zero attached hydrogens (tertiary/aromatic N) is 2. The zero-order valence-electron chi connectivity index (χ0n) is 25.8. The normalized spacial score (nSPS) is 15.2. The van der Waals surface area contributed by atoms with Gasteiger partial charge in [-0.2, -0.15) is 0 Å². The van der Waals surface area contributed by atoms with Gasteiger partial charge in [-0.15, -0.1) is 5.46 Å². The standard InChI is InChI=1S/C32H36BF3N3O4.K/c1-21-22(17-23(18-29(21)33(34,35)36)37-30(40)43-32(2,3)4)19-38-13-15-39(16-14-38)31(41)42-20-28-26-11-7-5-9-24(26)25-10-6-8-12-27(25)28;/h5-12,17-18,28H,13-16,19-20H2,1-4H3,(H,37,40);/q-1;+1. The summed E-state index contributed by atoms with van der Waals surface area (Å²) in [6.45, 7) is 3.38. The molecule has 2 aliphatic rings. The number of hydrogen-bond acceptors (Lipinski definition) is 5. The van der Waals surface area contributed by atoms with Gasteiger partial charge in [0.1, 0.15) is 12.2 Å². The number of hydrogen-bond donors (Lipinski definition) is 1. The van der Waals surface area contributed by atoms with Gasteiger partial charge in [0.05, 0.1) is 0 Å². The number of carbonyl (C=O) groups is 2. The molecule has 0 saturated carbocycles. The second kappa shape index (κ2) is 14.0. The molecule has 0 bridgehead atoms. The van der Waals surface area contributed by atoms with Crippen molar-refractivity contribution in [1.82, 2.24) is 9.80 Å². The number of halogens is 3. The number of piperazine rings is 1. The number of nitrogens with one attached hydrogen (secondary N) is 1. The van der Waals surface area contributed by atoms with Gasteiger partial charge in [0, 0.05) is 44.3 Å². The van der Waals surface area contributed by atoms with Gasteiger partial charge in [0.25, 0.3) is 0 Å². The molecule has 2 amide bonds.